The summed E-state index contributed by atoms with van der Waals surface area (Å²) in [6.45, 7) is 3.47. The topological polar surface area (TPSA) is 32.7 Å². The van der Waals surface area contributed by atoms with Crippen molar-refractivity contribution in [2.75, 3.05) is 7.05 Å². The summed E-state index contributed by atoms with van der Waals surface area (Å²) in [6.07, 6.45) is 1.33. The van der Waals surface area contributed by atoms with Crippen LogP contribution in [0.1, 0.15) is 40.3 Å². The molecule has 3 aromatic rings. The second kappa shape index (κ2) is 8.81. The van der Waals surface area contributed by atoms with Gasteiger partial charge in [0.1, 0.15) is 12.4 Å². The maximum Gasteiger partial charge on any atom is 0.126 e. The monoisotopic (exact) mass is 387 g/mol. The minimum atomic E-state index is -0.507. The van der Waals surface area contributed by atoms with Gasteiger partial charge < -0.3 is 9.84 Å². The normalized spacial score (nSPS) is 18.5. The zero-order valence-corrected chi connectivity index (χ0v) is 17.2. The predicted octanol–water partition coefficient (Wildman–Crippen LogP) is 5.05. The first-order chi connectivity index (χ1) is 14.1. The Balaban J connectivity index is 1.52. The molecule has 1 aliphatic carbocycles. The summed E-state index contributed by atoms with van der Waals surface area (Å²) < 4.78 is 6.24. The van der Waals surface area contributed by atoms with Gasteiger partial charge in [0, 0.05) is 18.2 Å². The van der Waals surface area contributed by atoms with E-state index < -0.39 is 6.10 Å². The second-order valence-corrected chi connectivity index (χ2v) is 8.01. The molecule has 0 saturated carbocycles. The highest BCUT2D eigenvalue weighted by molar-refractivity contribution is 5.48. The number of fused-ring (bicyclic) bond motifs is 1. The van der Waals surface area contributed by atoms with Crippen LogP contribution in [0.5, 0.6) is 5.75 Å². The van der Waals surface area contributed by atoms with Gasteiger partial charge in [0.05, 0.1) is 6.10 Å². The number of aryl methyl sites for hydroxylation is 1. The van der Waals surface area contributed by atoms with Crippen molar-refractivity contribution >= 4 is 0 Å². The maximum absolute atomic E-state index is 11.2. The predicted molar refractivity (Wildman–Crippen MR) is 117 cm³/mol. The highest BCUT2D eigenvalue weighted by atomic mass is 16.5. The van der Waals surface area contributed by atoms with Gasteiger partial charge in [-0.3, -0.25) is 4.90 Å². The smallest absolute Gasteiger partial charge is 0.126 e. The van der Waals surface area contributed by atoms with Crippen LogP contribution in [-0.2, 0) is 19.6 Å². The molecule has 29 heavy (non-hydrogen) atoms. The molecule has 4 rings (SSSR count). The average molecular weight is 388 g/mol. The molecule has 3 heteroatoms. The SMILES string of the molecule is Cc1ccc2c(c1OCc1ccccc1)CC[C@@H](N(C)Cc1ccccc1)[C@@H]2O. The average Bonchev–Trinajstić information content (AvgIpc) is 2.74. The lowest BCUT2D eigenvalue weighted by molar-refractivity contribution is 0.0455. The third kappa shape index (κ3) is 4.36. The first-order valence-electron chi connectivity index (χ1n) is 10.3. The lowest BCUT2D eigenvalue weighted by atomic mass is 9.83. The first-order valence-corrected chi connectivity index (χ1v) is 10.3. The minimum absolute atomic E-state index is 0.104. The third-order valence-corrected chi connectivity index (χ3v) is 5.93. The van der Waals surface area contributed by atoms with Crippen LogP contribution in [0.4, 0.5) is 0 Å². The van der Waals surface area contributed by atoms with Crippen molar-refractivity contribution in [2.24, 2.45) is 0 Å². The van der Waals surface area contributed by atoms with E-state index >= 15 is 0 Å². The van der Waals surface area contributed by atoms with Crippen LogP contribution in [0, 0.1) is 6.92 Å². The molecule has 3 aromatic carbocycles. The Hall–Kier alpha value is -2.62. The standard InChI is InChI=1S/C26H29NO2/c1-19-13-14-22-23(26(19)29-18-21-11-7-4-8-12-21)15-16-24(25(22)28)27(2)17-20-9-5-3-6-10-20/h3-14,24-25,28H,15-18H2,1-2H3/t24-,25-/m1/s1. The van der Waals surface area contributed by atoms with Crippen molar-refractivity contribution in [3.8, 4) is 5.75 Å². The van der Waals surface area contributed by atoms with Crippen LogP contribution >= 0.6 is 0 Å². The van der Waals surface area contributed by atoms with Crippen LogP contribution in [0.2, 0.25) is 0 Å². The lowest BCUT2D eigenvalue weighted by Gasteiger charge is -2.37. The number of ether oxygens (including phenoxy) is 1. The van der Waals surface area contributed by atoms with Crippen LogP contribution in [0.3, 0.4) is 0 Å². The van der Waals surface area contributed by atoms with E-state index in [1.165, 1.54) is 5.56 Å². The molecule has 0 radical (unpaired) electrons. The Morgan fingerprint density at radius 1 is 0.931 bits per heavy atom. The van der Waals surface area contributed by atoms with Crippen molar-refractivity contribution in [3.63, 3.8) is 0 Å². The molecule has 0 saturated heterocycles. The fraction of sp³-hybridized carbons (Fsp3) is 0.308. The van der Waals surface area contributed by atoms with E-state index in [0.29, 0.717) is 6.61 Å². The number of aliphatic hydroxyl groups is 1. The summed E-state index contributed by atoms with van der Waals surface area (Å²) in [4.78, 5) is 2.27. The Kier molecular flexibility index (Phi) is 5.98. The molecule has 0 heterocycles. The number of hydrogen-bond donors (Lipinski definition) is 1. The van der Waals surface area contributed by atoms with Gasteiger partial charge in [-0.1, -0.05) is 72.8 Å². The fourth-order valence-electron chi connectivity index (χ4n) is 4.33. The van der Waals surface area contributed by atoms with Gasteiger partial charge in [-0.25, -0.2) is 0 Å². The van der Waals surface area contributed by atoms with Gasteiger partial charge in [-0.2, -0.15) is 0 Å². The number of nitrogens with zero attached hydrogens (tertiary/aromatic N) is 1. The quantitative estimate of drug-likeness (QED) is 0.642. The molecule has 3 nitrogen and oxygen atoms in total. The van der Waals surface area contributed by atoms with E-state index in [9.17, 15) is 5.11 Å². The second-order valence-electron chi connectivity index (χ2n) is 8.01. The lowest BCUT2D eigenvalue weighted by Crippen LogP contribution is -2.39. The van der Waals surface area contributed by atoms with Gasteiger partial charge in [-0.05, 0) is 49.1 Å². The summed E-state index contributed by atoms with van der Waals surface area (Å²) in [6, 6.07) is 24.9. The van der Waals surface area contributed by atoms with E-state index in [1.54, 1.807) is 0 Å². The molecule has 0 aromatic heterocycles. The van der Waals surface area contributed by atoms with E-state index in [-0.39, 0.29) is 6.04 Å². The number of benzene rings is 3. The number of aliphatic hydroxyl groups excluding tert-OH is 1. The Morgan fingerprint density at radius 2 is 1.59 bits per heavy atom. The van der Waals surface area contributed by atoms with E-state index in [2.05, 4.69) is 67.4 Å². The van der Waals surface area contributed by atoms with E-state index in [1.807, 2.05) is 24.3 Å². The largest absolute Gasteiger partial charge is 0.488 e. The van der Waals surface area contributed by atoms with Gasteiger partial charge in [0.25, 0.3) is 0 Å². The molecule has 1 N–H and O–H groups in total. The summed E-state index contributed by atoms with van der Waals surface area (Å²) in [7, 11) is 2.10. The van der Waals surface area contributed by atoms with Crippen molar-refractivity contribution in [2.45, 2.75) is 45.1 Å². The summed E-state index contributed by atoms with van der Waals surface area (Å²) in [5, 5.41) is 11.2. The highest BCUT2D eigenvalue weighted by Crippen LogP contribution is 2.39. The molecule has 2 atom stereocenters. The molecule has 0 bridgehead atoms. The number of likely N-dealkylation sites (N-methyl/N-ethyl adjacent to an activating group) is 1. The first kappa shape index (κ1) is 19.7. The fourth-order valence-corrected chi connectivity index (χ4v) is 4.33. The van der Waals surface area contributed by atoms with Gasteiger partial charge in [0.15, 0.2) is 0 Å². The molecular formula is C26H29NO2. The van der Waals surface area contributed by atoms with Crippen molar-refractivity contribution in [3.05, 3.63) is 101 Å². The molecule has 0 unspecified atom stereocenters. The minimum Gasteiger partial charge on any atom is -0.488 e. The zero-order valence-electron chi connectivity index (χ0n) is 17.2. The molecule has 0 aliphatic heterocycles. The Bertz CT molecular complexity index is 940. The molecule has 0 fully saturated rings. The molecule has 0 amide bonds. The zero-order chi connectivity index (χ0) is 20.2. The Labute approximate surface area is 173 Å². The van der Waals surface area contributed by atoms with Gasteiger partial charge >= 0.3 is 0 Å². The Morgan fingerprint density at radius 3 is 2.28 bits per heavy atom. The van der Waals surface area contributed by atoms with Crippen LogP contribution in [-0.4, -0.2) is 23.1 Å². The van der Waals surface area contributed by atoms with E-state index in [4.69, 9.17) is 4.74 Å². The third-order valence-electron chi connectivity index (χ3n) is 5.93. The number of rotatable bonds is 6. The summed E-state index contributed by atoms with van der Waals surface area (Å²) >= 11 is 0. The molecule has 150 valence electrons. The summed E-state index contributed by atoms with van der Waals surface area (Å²) in [5.41, 5.74) is 5.72. The highest BCUT2D eigenvalue weighted by Gasteiger charge is 2.32. The molecular weight excluding hydrogens is 358 g/mol. The van der Waals surface area contributed by atoms with Crippen molar-refractivity contribution < 1.29 is 9.84 Å². The van der Waals surface area contributed by atoms with Gasteiger partial charge in [0.2, 0.25) is 0 Å². The summed E-state index contributed by atoms with van der Waals surface area (Å²) in [5.74, 6) is 0.939. The molecule has 0 spiro atoms. The van der Waals surface area contributed by atoms with Crippen LogP contribution in [0.15, 0.2) is 72.8 Å². The van der Waals surface area contributed by atoms with Crippen LogP contribution < -0.4 is 4.74 Å². The van der Waals surface area contributed by atoms with Crippen molar-refractivity contribution in [1.82, 2.24) is 4.90 Å². The van der Waals surface area contributed by atoms with Gasteiger partial charge in [-0.15, -0.1) is 0 Å². The number of hydrogen-bond acceptors (Lipinski definition) is 3. The molecule has 1 aliphatic rings. The maximum atomic E-state index is 11.2. The van der Waals surface area contributed by atoms with Crippen LogP contribution in [0.25, 0.3) is 0 Å². The van der Waals surface area contributed by atoms with E-state index in [0.717, 1.165) is 47.4 Å². The van der Waals surface area contributed by atoms with Crippen molar-refractivity contribution in [1.29, 1.82) is 0 Å².